The maximum Gasteiger partial charge on any atom is 0.130 e. The van der Waals surface area contributed by atoms with Crippen LogP contribution in [-0.2, 0) is 0 Å². The van der Waals surface area contributed by atoms with E-state index >= 15 is 0 Å². The van der Waals surface area contributed by atoms with Crippen molar-refractivity contribution in [3.05, 3.63) is 69.5 Å². The van der Waals surface area contributed by atoms with Gasteiger partial charge in [-0.1, -0.05) is 41.4 Å². The zero-order valence-corrected chi connectivity index (χ0v) is 10.2. The highest BCUT2D eigenvalue weighted by atomic mass is 35.5. The summed E-state index contributed by atoms with van der Waals surface area (Å²) >= 11 is 11.5. The van der Waals surface area contributed by atoms with E-state index in [1.807, 2.05) is 0 Å². The van der Waals surface area contributed by atoms with Gasteiger partial charge in [0.05, 0.1) is 0 Å². The highest BCUT2D eigenvalue weighted by Gasteiger charge is 2.15. The SMILES string of the molecule is OC(c1cccc(Cl)c1)c1ccc(Cl)cc1F. The summed E-state index contributed by atoms with van der Waals surface area (Å²) in [5.74, 6) is -0.537. The second-order valence-electron chi connectivity index (χ2n) is 3.62. The fourth-order valence-electron chi connectivity index (χ4n) is 1.58. The summed E-state index contributed by atoms with van der Waals surface area (Å²) in [7, 11) is 0. The van der Waals surface area contributed by atoms with E-state index in [1.54, 1.807) is 24.3 Å². The second-order valence-corrected chi connectivity index (χ2v) is 4.50. The van der Waals surface area contributed by atoms with Crippen LogP contribution >= 0.6 is 23.2 Å². The van der Waals surface area contributed by atoms with Gasteiger partial charge in [-0.15, -0.1) is 0 Å². The Kier molecular flexibility index (Phi) is 3.67. The fraction of sp³-hybridized carbons (Fsp3) is 0.0769. The van der Waals surface area contributed by atoms with Gasteiger partial charge in [0.25, 0.3) is 0 Å². The third-order valence-electron chi connectivity index (χ3n) is 2.42. The van der Waals surface area contributed by atoms with Crippen molar-refractivity contribution in [1.29, 1.82) is 0 Å². The molecule has 1 unspecified atom stereocenters. The van der Waals surface area contributed by atoms with Crippen LogP contribution in [0.25, 0.3) is 0 Å². The molecule has 0 fully saturated rings. The van der Waals surface area contributed by atoms with Gasteiger partial charge >= 0.3 is 0 Å². The Balaban J connectivity index is 2.40. The molecule has 0 spiro atoms. The van der Waals surface area contributed by atoms with E-state index in [0.717, 1.165) is 0 Å². The second kappa shape index (κ2) is 5.05. The van der Waals surface area contributed by atoms with Gasteiger partial charge in [-0.2, -0.15) is 0 Å². The van der Waals surface area contributed by atoms with Gasteiger partial charge in [0.15, 0.2) is 0 Å². The van der Waals surface area contributed by atoms with Gasteiger partial charge in [-0.3, -0.25) is 0 Å². The molecule has 1 nitrogen and oxygen atoms in total. The van der Waals surface area contributed by atoms with E-state index < -0.39 is 11.9 Å². The molecule has 0 heterocycles. The minimum Gasteiger partial charge on any atom is -0.384 e. The van der Waals surface area contributed by atoms with E-state index in [0.29, 0.717) is 15.6 Å². The predicted octanol–water partition coefficient (Wildman–Crippen LogP) is 4.21. The molecule has 1 N–H and O–H groups in total. The Morgan fingerprint density at radius 3 is 2.35 bits per heavy atom. The zero-order valence-electron chi connectivity index (χ0n) is 8.70. The molecule has 4 heteroatoms. The molecule has 0 aromatic heterocycles. The van der Waals surface area contributed by atoms with E-state index in [4.69, 9.17) is 23.2 Å². The largest absolute Gasteiger partial charge is 0.384 e. The molecule has 0 radical (unpaired) electrons. The van der Waals surface area contributed by atoms with Gasteiger partial charge in [-0.05, 0) is 29.8 Å². The summed E-state index contributed by atoms with van der Waals surface area (Å²) in [5.41, 5.74) is 0.718. The number of halogens is 3. The van der Waals surface area contributed by atoms with Crippen LogP contribution < -0.4 is 0 Å². The van der Waals surface area contributed by atoms with Crippen molar-refractivity contribution in [2.24, 2.45) is 0 Å². The van der Waals surface area contributed by atoms with E-state index in [1.165, 1.54) is 18.2 Å². The first-order valence-corrected chi connectivity index (χ1v) is 5.72. The molecule has 0 amide bonds. The molecular formula is C13H9Cl2FO. The van der Waals surface area contributed by atoms with Crippen molar-refractivity contribution >= 4 is 23.2 Å². The molecule has 0 bridgehead atoms. The number of aliphatic hydroxyl groups excluding tert-OH is 1. The Labute approximate surface area is 108 Å². The van der Waals surface area contributed by atoms with Gasteiger partial charge in [-0.25, -0.2) is 4.39 Å². The third-order valence-corrected chi connectivity index (χ3v) is 2.89. The van der Waals surface area contributed by atoms with Crippen molar-refractivity contribution in [1.82, 2.24) is 0 Å². The Morgan fingerprint density at radius 2 is 1.71 bits per heavy atom. The lowest BCUT2D eigenvalue weighted by atomic mass is 10.0. The lowest BCUT2D eigenvalue weighted by Crippen LogP contribution is -2.02. The van der Waals surface area contributed by atoms with E-state index in [-0.39, 0.29) is 5.56 Å². The van der Waals surface area contributed by atoms with Gasteiger partial charge < -0.3 is 5.11 Å². The summed E-state index contributed by atoms with van der Waals surface area (Å²) in [6.45, 7) is 0. The molecule has 2 aromatic rings. The van der Waals surface area contributed by atoms with Crippen LogP contribution in [-0.4, -0.2) is 5.11 Å². The smallest absolute Gasteiger partial charge is 0.130 e. The van der Waals surface area contributed by atoms with Crippen molar-refractivity contribution in [2.75, 3.05) is 0 Å². The first-order chi connectivity index (χ1) is 8.08. The Morgan fingerprint density at radius 1 is 1.00 bits per heavy atom. The molecule has 1 atom stereocenters. The normalized spacial score (nSPS) is 12.5. The minimum absolute atomic E-state index is 0.177. The van der Waals surface area contributed by atoms with E-state index in [2.05, 4.69) is 0 Å². The van der Waals surface area contributed by atoms with Crippen molar-refractivity contribution in [3.8, 4) is 0 Å². The quantitative estimate of drug-likeness (QED) is 0.867. The number of hydrogen-bond acceptors (Lipinski definition) is 1. The maximum atomic E-state index is 13.6. The van der Waals surface area contributed by atoms with E-state index in [9.17, 15) is 9.50 Å². The van der Waals surface area contributed by atoms with Crippen LogP contribution in [0, 0.1) is 5.82 Å². The molecule has 2 rings (SSSR count). The van der Waals surface area contributed by atoms with Crippen LogP contribution in [0.2, 0.25) is 10.0 Å². The first-order valence-electron chi connectivity index (χ1n) is 4.96. The van der Waals surface area contributed by atoms with Crippen LogP contribution in [0.3, 0.4) is 0 Å². The highest BCUT2D eigenvalue weighted by molar-refractivity contribution is 6.30. The molecule has 0 aliphatic carbocycles. The van der Waals surface area contributed by atoms with Crippen molar-refractivity contribution in [2.45, 2.75) is 6.10 Å². The monoisotopic (exact) mass is 270 g/mol. The molecule has 0 saturated carbocycles. The minimum atomic E-state index is -1.05. The molecule has 88 valence electrons. The summed E-state index contributed by atoms with van der Waals surface area (Å²) in [6.07, 6.45) is -1.05. The predicted molar refractivity (Wildman–Crippen MR) is 66.9 cm³/mol. The number of aliphatic hydroxyl groups is 1. The lowest BCUT2D eigenvalue weighted by Gasteiger charge is -2.12. The summed E-state index contributed by atoms with van der Waals surface area (Å²) in [5, 5.41) is 10.8. The van der Waals surface area contributed by atoms with Crippen LogP contribution in [0.15, 0.2) is 42.5 Å². The maximum absolute atomic E-state index is 13.6. The highest BCUT2D eigenvalue weighted by Crippen LogP contribution is 2.27. The van der Waals surface area contributed by atoms with Crippen molar-refractivity contribution in [3.63, 3.8) is 0 Å². The number of rotatable bonds is 2. The van der Waals surface area contributed by atoms with Gasteiger partial charge in [0, 0.05) is 15.6 Å². The molecule has 2 aromatic carbocycles. The summed E-state index contributed by atoms with van der Waals surface area (Å²) in [6, 6.07) is 10.8. The third kappa shape index (κ3) is 2.78. The Hall–Kier alpha value is -1.09. The Bertz CT molecular complexity index is 543. The molecular weight excluding hydrogens is 262 g/mol. The lowest BCUT2D eigenvalue weighted by molar-refractivity contribution is 0.215. The standard InChI is InChI=1S/C13H9Cl2FO/c14-9-3-1-2-8(6-9)13(17)11-5-4-10(15)7-12(11)16/h1-7,13,17H. The average molecular weight is 271 g/mol. The van der Waals surface area contributed by atoms with Gasteiger partial charge in [0.1, 0.15) is 11.9 Å². The first kappa shape index (κ1) is 12.4. The number of hydrogen-bond donors (Lipinski definition) is 1. The van der Waals surface area contributed by atoms with Crippen LogP contribution in [0.5, 0.6) is 0 Å². The van der Waals surface area contributed by atoms with Gasteiger partial charge in [0.2, 0.25) is 0 Å². The molecule has 17 heavy (non-hydrogen) atoms. The fourth-order valence-corrected chi connectivity index (χ4v) is 1.94. The zero-order chi connectivity index (χ0) is 12.4. The summed E-state index contributed by atoms with van der Waals surface area (Å²) in [4.78, 5) is 0. The molecule has 0 aliphatic heterocycles. The van der Waals surface area contributed by atoms with Crippen molar-refractivity contribution < 1.29 is 9.50 Å². The number of benzene rings is 2. The van der Waals surface area contributed by atoms with Crippen LogP contribution in [0.1, 0.15) is 17.2 Å². The molecule has 0 aliphatic rings. The van der Waals surface area contributed by atoms with Crippen LogP contribution in [0.4, 0.5) is 4.39 Å². The molecule has 0 saturated heterocycles. The topological polar surface area (TPSA) is 20.2 Å². The summed E-state index contributed by atoms with van der Waals surface area (Å²) < 4.78 is 13.6. The average Bonchev–Trinajstić information content (AvgIpc) is 2.28.